The average Bonchev–Trinajstić information content (AvgIpc) is 2.74. The minimum Gasteiger partial charge on any atom is -0.493 e. The van der Waals surface area contributed by atoms with Gasteiger partial charge in [-0.25, -0.2) is 4.39 Å². The second kappa shape index (κ2) is 10.6. The van der Waals surface area contributed by atoms with Gasteiger partial charge >= 0.3 is 0 Å². The van der Waals surface area contributed by atoms with Gasteiger partial charge < -0.3 is 14.8 Å². The first kappa shape index (κ1) is 21.5. The SMILES string of the molecule is COc1cc(C=NNC(=S)Nc2ccccc2)ccc1OCc1c(F)cccc1Cl. The third-order valence-corrected chi connectivity index (χ3v) is 4.58. The molecule has 0 saturated carbocycles. The van der Waals surface area contributed by atoms with Crippen LogP contribution < -0.4 is 20.2 Å². The summed E-state index contributed by atoms with van der Waals surface area (Å²) in [5, 5.41) is 7.82. The summed E-state index contributed by atoms with van der Waals surface area (Å²) in [7, 11) is 1.52. The molecule has 8 heteroatoms. The maximum absolute atomic E-state index is 13.9. The van der Waals surface area contributed by atoms with Crippen LogP contribution in [0.15, 0.2) is 71.8 Å². The molecule has 0 bridgehead atoms. The summed E-state index contributed by atoms with van der Waals surface area (Å²) < 4.78 is 25.0. The smallest absolute Gasteiger partial charge is 0.191 e. The molecule has 0 radical (unpaired) electrons. The number of hydrazone groups is 1. The highest BCUT2D eigenvalue weighted by Crippen LogP contribution is 2.29. The van der Waals surface area contributed by atoms with Gasteiger partial charge in [0.15, 0.2) is 16.6 Å². The lowest BCUT2D eigenvalue weighted by Crippen LogP contribution is -2.23. The number of halogens is 2. The van der Waals surface area contributed by atoms with Gasteiger partial charge in [-0.1, -0.05) is 35.9 Å². The van der Waals surface area contributed by atoms with Crippen molar-refractivity contribution in [3.63, 3.8) is 0 Å². The minimum atomic E-state index is -0.420. The van der Waals surface area contributed by atoms with Crippen LogP contribution in [-0.4, -0.2) is 18.4 Å². The predicted molar refractivity (Wildman–Crippen MR) is 122 cm³/mol. The van der Waals surface area contributed by atoms with Crippen molar-refractivity contribution in [1.29, 1.82) is 0 Å². The van der Waals surface area contributed by atoms with Crippen molar-refractivity contribution in [3.8, 4) is 11.5 Å². The third kappa shape index (κ3) is 5.92. The summed E-state index contributed by atoms with van der Waals surface area (Å²) in [6.07, 6.45) is 1.60. The molecule has 0 aliphatic heterocycles. The number of hydrogen-bond acceptors (Lipinski definition) is 4. The van der Waals surface area contributed by atoms with Gasteiger partial charge in [-0.3, -0.25) is 5.43 Å². The van der Waals surface area contributed by atoms with Crippen molar-refractivity contribution < 1.29 is 13.9 Å². The number of nitrogens with zero attached hydrogens (tertiary/aromatic N) is 1. The Hall–Kier alpha value is -3.16. The number of hydrogen-bond donors (Lipinski definition) is 2. The molecule has 30 heavy (non-hydrogen) atoms. The Labute approximate surface area is 184 Å². The van der Waals surface area contributed by atoms with Crippen LogP contribution in [0.4, 0.5) is 10.1 Å². The molecule has 0 amide bonds. The summed E-state index contributed by atoms with van der Waals surface area (Å²) >= 11 is 11.2. The Kier molecular flexibility index (Phi) is 7.59. The van der Waals surface area contributed by atoms with Crippen LogP contribution in [0.2, 0.25) is 5.02 Å². The van der Waals surface area contributed by atoms with Gasteiger partial charge in [0.1, 0.15) is 12.4 Å². The molecule has 0 fully saturated rings. The molecule has 154 valence electrons. The largest absolute Gasteiger partial charge is 0.493 e. The molecule has 3 aromatic rings. The van der Waals surface area contributed by atoms with Crippen molar-refractivity contribution in [1.82, 2.24) is 5.43 Å². The molecule has 5 nitrogen and oxygen atoms in total. The Morgan fingerprint density at radius 1 is 1.10 bits per heavy atom. The first-order valence-corrected chi connectivity index (χ1v) is 9.74. The van der Waals surface area contributed by atoms with Gasteiger partial charge in [-0.05, 0) is 60.2 Å². The Balaban J connectivity index is 1.61. The first-order chi connectivity index (χ1) is 14.6. The van der Waals surface area contributed by atoms with E-state index in [0.29, 0.717) is 21.6 Å². The quantitative estimate of drug-likeness (QED) is 0.291. The molecule has 0 aliphatic carbocycles. The molecular weight excluding hydrogens is 425 g/mol. The van der Waals surface area contributed by atoms with E-state index in [1.165, 1.54) is 13.2 Å². The number of methoxy groups -OCH3 is 1. The number of nitrogens with one attached hydrogen (secondary N) is 2. The number of thiocarbonyl (C=S) groups is 1. The van der Waals surface area contributed by atoms with E-state index < -0.39 is 5.82 Å². The number of anilines is 1. The number of ether oxygens (including phenoxy) is 2. The van der Waals surface area contributed by atoms with E-state index >= 15 is 0 Å². The van der Waals surface area contributed by atoms with Crippen LogP contribution in [-0.2, 0) is 6.61 Å². The zero-order chi connectivity index (χ0) is 21.3. The molecule has 0 atom stereocenters. The zero-order valence-corrected chi connectivity index (χ0v) is 17.6. The highest BCUT2D eigenvalue weighted by molar-refractivity contribution is 7.80. The van der Waals surface area contributed by atoms with Gasteiger partial charge in [-0.15, -0.1) is 0 Å². The van der Waals surface area contributed by atoms with Crippen molar-refractivity contribution in [2.45, 2.75) is 6.61 Å². The van der Waals surface area contributed by atoms with Gasteiger partial charge in [-0.2, -0.15) is 5.10 Å². The van der Waals surface area contributed by atoms with Crippen LogP contribution in [0, 0.1) is 5.82 Å². The van der Waals surface area contributed by atoms with Crippen LogP contribution in [0.25, 0.3) is 0 Å². The fourth-order valence-corrected chi connectivity index (χ4v) is 2.94. The van der Waals surface area contributed by atoms with Crippen molar-refractivity contribution >= 4 is 40.8 Å². The molecule has 0 heterocycles. The van der Waals surface area contributed by atoms with E-state index in [-0.39, 0.29) is 12.2 Å². The molecule has 0 aliphatic rings. The van der Waals surface area contributed by atoms with Crippen molar-refractivity contribution in [2.75, 3.05) is 12.4 Å². The van der Waals surface area contributed by atoms with E-state index in [9.17, 15) is 4.39 Å². The predicted octanol–water partition coefficient (Wildman–Crippen LogP) is 5.39. The maximum Gasteiger partial charge on any atom is 0.191 e. The molecule has 0 saturated heterocycles. The summed E-state index contributed by atoms with van der Waals surface area (Å²) in [6, 6.07) is 19.3. The van der Waals surface area contributed by atoms with E-state index in [4.69, 9.17) is 33.3 Å². The van der Waals surface area contributed by atoms with Crippen LogP contribution in [0.1, 0.15) is 11.1 Å². The zero-order valence-electron chi connectivity index (χ0n) is 16.1. The van der Waals surface area contributed by atoms with Crippen LogP contribution in [0.3, 0.4) is 0 Å². The van der Waals surface area contributed by atoms with E-state index in [0.717, 1.165) is 11.3 Å². The van der Waals surface area contributed by atoms with Crippen molar-refractivity contribution in [3.05, 3.63) is 88.7 Å². The molecule has 3 rings (SSSR count). The number of rotatable bonds is 7. The number of para-hydroxylation sites is 1. The molecule has 2 N–H and O–H groups in total. The summed E-state index contributed by atoms with van der Waals surface area (Å²) in [5.74, 6) is 0.524. The maximum atomic E-state index is 13.9. The Bertz CT molecular complexity index is 1030. The molecule has 0 unspecified atom stereocenters. The van der Waals surface area contributed by atoms with Crippen LogP contribution >= 0.6 is 23.8 Å². The molecular formula is C22H19ClFN3O2S. The topological polar surface area (TPSA) is 54.9 Å². The normalized spacial score (nSPS) is 10.6. The van der Waals surface area contributed by atoms with Crippen molar-refractivity contribution in [2.24, 2.45) is 5.10 Å². The third-order valence-electron chi connectivity index (χ3n) is 4.03. The Morgan fingerprint density at radius 2 is 1.90 bits per heavy atom. The lowest BCUT2D eigenvalue weighted by Gasteiger charge is -2.12. The summed E-state index contributed by atoms with van der Waals surface area (Å²) in [6.45, 7) is -0.0176. The first-order valence-electron chi connectivity index (χ1n) is 8.95. The summed E-state index contributed by atoms with van der Waals surface area (Å²) in [5.41, 5.74) is 4.67. The van der Waals surface area contributed by atoms with Gasteiger partial charge in [0.2, 0.25) is 0 Å². The van der Waals surface area contributed by atoms with Gasteiger partial charge in [0, 0.05) is 11.3 Å². The fourth-order valence-electron chi connectivity index (χ4n) is 2.55. The summed E-state index contributed by atoms with van der Waals surface area (Å²) in [4.78, 5) is 0. The van der Waals surface area contributed by atoms with Gasteiger partial charge in [0.25, 0.3) is 0 Å². The minimum absolute atomic E-state index is 0.0176. The molecule has 0 aromatic heterocycles. The second-order valence-electron chi connectivity index (χ2n) is 6.09. The molecule has 3 aromatic carbocycles. The highest BCUT2D eigenvalue weighted by atomic mass is 35.5. The highest BCUT2D eigenvalue weighted by Gasteiger charge is 2.10. The standard InChI is InChI=1S/C22H19ClFN3O2S/c1-28-21-12-15(13-25-27-22(30)26-16-6-3-2-4-7-16)10-11-20(21)29-14-17-18(23)8-5-9-19(17)24/h2-13H,14H2,1H3,(H2,26,27,30). The van der Waals surface area contributed by atoms with E-state index in [2.05, 4.69) is 15.8 Å². The Morgan fingerprint density at radius 3 is 2.63 bits per heavy atom. The second-order valence-corrected chi connectivity index (χ2v) is 6.90. The lowest BCUT2D eigenvalue weighted by atomic mass is 10.2. The lowest BCUT2D eigenvalue weighted by molar-refractivity contribution is 0.280. The van der Waals surface area contributed by atoms with Crippen LogP contribution in [0.5, 0.6) is 11.5 Å². The van der Waals surface area contributed by atoms with E-state index in [1.54, 1.807) is 36.5 Å². The number of benzene rings is 3. The van der Waals surface area contributed by atoms with E-state index in [1.807, 2.05) is 30.3 Å². The van der Waals surface area contributed by atoms with Gasteiger partial charge in [0.05, 0.1) is 18.3 Å². The molecule has 0 spiro atoms. The monoisotopic (exact) mass is 443 g/mol. The fraction of sp³-hybridized carbons (Fsp3) is 0.0909. The average molecular weight is 444 g/mol.